The fraction of sp³-hybridized carbons (Fsp3) is 0.300. The second-order valence-electron chi connectivity index (χ2n) is 6.58. The van der Waals surface area contributed by atoms with E-state index in [1.165, 1.54) is 47.0 Å². The van der Waals surface area contributed by atoms with Crippen molar-refractivity contribution in [2.75, 3.05) is 6.54 Å². The normalized spacial score (nSPS) is 20.1. The summed E-state index contributed by atoms with van der Waals surface area (Å²) in [6.45, 7) is 1.05. The van der Waals surface area contributed by atoms with Crippen LogP contribution in [-0.4, -0.2) is 11.5 Å². The number of aryl methyl sites for hydroxylation is 2. The first-order chi connectivity index (χ1) is 10.9. The highest BCUT2D eigenvalue weighted by Crippen LogP contribution is 2.35. The Hall–Kier alpha value is -2.06. The highest BCUT2D eigenvalue weighted by atomic mass is 15.0. The molecule has 22 heavy (non-hydrogen) atoms. The van der Waals surface area contributed by atoms with Crippen LogP contribution in [0.15, 0.2) is 42.5 Å². The molecule has 1 unspecified atom stereocenters. The van der Waals surface area contributed by atoms with Gasteiger partial charge >= 0.3 is 0 Å². The summed E-state index contributed by atoms with van der Waals surface area (Å²) in [5.41, 5.74) is 8.65. The predicted octanol–water partition coefficient (Wildman–Crippen LogP) is 3.89. The van der Waals surface area contributed by atoms with E-state index in [9.17, 15) is 0 Å². The van der Waals surface area contributed by atoms with Crippen molar-refractivity contribution < 1.29 is 0 Å². The molecule has 0 spiro atoms. The van der Waals surface area contributed by atoms with Gasteiger partial charge in [0, 0.05) is 23.1 Å². The van der Waals surface area contributed by atoms with E-state index >= 15 is 0 Å². The molecule has 0 saturated heterocycles. The van der Waals surface area contributed by atoms with E-state index in [0.717, 1.165) is 13.0 Å². The van der Waals surface area contributed by atoms with Crippen molar-refractivity contribution in [3.8, 4) is 0 Å². The molecule has 1 atom stereocenters. The van der Waals surface area contributed by atoms with Gasteiger partial charge in [-0.15, -0.1) is 0 Å². The van der Waals surface area contributed by atoms with E-state index in [1.54, 1.807) is 11.1 Å². The standard InChI is InChI=1S/C20H20N2/c1-2-7-18-16(6-1)17-10-11-21-19(20(17)22-18)15-9-8-13-4-3-5-14(13)12-15/h1-2,6-9,12,19,21-22H,3-5,10-11H2. The summed E-state index contributed by atoms with van der Waals surface area (Å²) in [7, 11) is 0. The zero-order valence-corrected chi connectivity index (χ0v) is 12.7. The van der Waals surface area contributed by atoms with Crippen molar-refractivity contribution in [3.05, 3.63) is 70.4 Å². The molecule has 0 fully saturated rings. The van der Waals surface area contributed by atoms with Crippen molar-refractivity contribution in [3.63, 3.8) is 0 Å². The summed E-state index contributed by atoms with van der Waals surface area (Å²) < 4.78 is 0. The molecule has 2 N–H and O–H groups in total. The van der Waals surface area contributed by atoms with Gasteiger partial charge < -0.3 is 10.3 Å². The minimum atomic E-state index is 0.307. The van der Waals surface area contributed by atoms with Crippen LogP contribution in [0, 0.1) is 0 Å². The molecule has 1 aliphatic carbocycles. The van der Waals surface area contributed by atoms with Crippen molar-refractivity contribution in [2.45, 2.75) is 31.7 Å². The zero-order chi connectivity index (χ0) is 14.5. The van der Waals surface area contributed by atoms with Crippen molar-refractivity contribution in [1.82, 2.24) is 10.3 Å². The van der Waals surface area contributed by atoms with Gasteiger partial charge in [0.2, 0.25) is 0 Å². The van der Waals surface area contributed by atoms with Crippen LogP contribution >= 0.6 is 0 Å². The number of hydrogen-bond donors (Lipinski definition) is 2. The van der Waals surface area contributed by atoms with E-state index in [2.05, 4.69) is 52.8 Å². The summed E-state index contributed by atoms with van der Waals surface area (Å²) in [4.78, 5) is 3.67. The Labute approximate surface area is 130 Å². The molecule has 0 bridgehead atoms. The lowest BCUT2D eigenvalue weighted by molar-refractivity contribution is 0.560. The van der Waals surface area contributed by atoms with Crippen molar-refractivity contribution >= 4 is 10.9 Å². The zero-order valence-electron chi connectivity index (χ0n) is 12.7. The average molecular weight is 288 g/mol. The van der Waals surface area contributed by atoms with Crippen LogP contribution in [0.4, 0.5) is 0 Å². The Kier molecular flexibility index (Phi) is 2.68. The maximum absolute atomic E-state index is 3.71. The molecule has 2 aliphatic rings. The van der Waals surface area contributed by atoms with Crippen LogP contribution in [-0.2, 0) is 19.3 Å². The second kappa shape index (κ2) is 4.72. The minimum Gasteiger partial charge on any atom is -0.357 e. The lowest BCUT2D eigenvalue weighted by atomic mass is 9.92. The molecule has 0 saturated carbocycles. The monoisotopic (exact) mass is 288 g/mol. The van der Waals surface area contributed by atoms with Gasteiger partial charge in [0.05, 0.1) is 6.04 Å². The summed E-state index contributed by atoms with van der Waals surface area (Å²) >= 11 is 0. The Morgan fingerprint density at radius 2 is 1.82 bits per heavy atom. The van der Waals surface area contributed by atoms with E-state index < -0.39 is 0 Å². The average Bonchev–Trinajstić information content (AvgIpc) is 3.18. The topological polar surface area (TPSA) is 27.8 Å². The molecule has 2 aromatic carbocycles. The molecular weight excluding hydrogens is 268 g/mol. The van der Waals surface area contributed by atoms with Crippen LogP contribution in [0.5, 0.6) is 0 Å². The number of benzene rings is 2. The van der Waals surface area contributed by atoms with Crippen LogP contribution in [0.3, 0.4) is 0 Å². The lowest BCUT2D eigenvalue weighted by Crippen LogP contribution is -2.30. The van der Waals surface area contributed by atoms with Crippen LogP contribution in [0.25, 0.3) is 10.9 Å². The largest absolute Gasteiger partial charge is 0.357 e. The van der Waals surface area contributed by atoms with E-state index in [-0.39, 0.29) is 0 Å². The van der Waals surface area contributed by atoms with Crippen LogP contribution < -0.4 is 5.32 Å². The number of para-hydroxylation sites is 1. The molecule has 1 aliphatic heterocycles. The molecule has 2 heterocycles. The van der Waals surface area contributed by atoms with E-state index in [1.807, 2.05) is 0 Å². The number of aromatic nitrogens is 1. The number of rotatable bonds is 1. The lowest BCUT2D eigenvalue weighted by Gasteiger charge is -2.25. The first-order valence-electron chi connectivity index (χ1n) is 8.35. The van der Waals surface area contributed by atoms with Gasteiger partial charge in [0.1, 0.15) is 0 Å². The predicted molar refractivity (Wildman–Crippen MR) is 90.3 cm³/mol. The molecule has 3 aromatic rings. The van der Waals surface area contributed by atoms with Gasteiger partial charge in [0.25, 0.3) is 0 Å². The van der Waals surface area contributed by atoms with E-state index in [0.29, 0.717) is 6.04 Å². The number of fused-ring (bicyclic) bond motifs is 4. The SMILES string of the molecule is c1ccc2c3c([nH]c2c1)C(c1ccc2c(c1)CCC2)NCC3. The highest BCUT2D eigenvalue weighted by Gasteiger charge is 2.25. The second-order valence-corrected chi connectivity index (χ2v) is 6.58. The molecular formula is C20H20N2. The van der Waals surface area contributed by atoms with Gasteiger partial charge in [-0.2, -0.15) is 0 Å². The molecule has 2 nitrogen and oxygen atoms in total. The first-order valence-corrected chi connectivity index (χ1v) is 8.35. The Morgan fingerprint density at radius 3 is 2.82 bits per heavy atom. The Morgan fingerprint density at radius 1 is 0.909 bits per heavy atom. The van der Waals surface area contributed by atoms with Crippen molar-refractivity contribution in [1.29, 1.82) is 0 Å². The number of aromatic amines is 1. The maximum atomic E-state index is 3.71. The van der Waals surface area contributed by atoms with Gasteiger partial charge in [-0.25, -0.2) is 0 Å². The van der Waals surface area contributed by atoms with Gasteiger partial charge in [-0.05, 0) is 54.0 Å². The summed E-state index contributed by atoms with van der Waals surface area (Å²) in [6, 6.07) is 16.1. The Balaban J connectivity index is 1.65. The van der Waals surface area contributed by atoms with Crippen LogP contribution in [0.2, 0.25) is 0 Å². The molecule has 0 radical (unpaired) electrons. The van der Waals surface area contributed by atoms with Crippen molar-refractivity contribution in [2.24, 2.45) is 0 Å². The van der Waals surface area contributed by atoms with E-state index in [4.69, 9.17) is 0 Å². The fourth-order valence-electron chi connectivity index (χ4n) is 4.24. The van der Waals surface area contributed by atoms with Gasteiger partial charge in [-0.1, -0.05) is 36.4 Å². The third kappa shape index (κ3) is 1.77. The van der Waals surface area contributed by atoms with Gasteiger partial charge in [-0.3, -0.25) is 0 Å². The minimum absolute atomic E-state index is 0.307. The first kappa shape index (κ1) is 12.5. The Bertz CT molecular complexity index is 859. The summed E-state index contributed by atoms with van der Waals surface area (Å²) in [5.74, 6) is 0. The number of hydrogen-bond acceptors (Lipinski definition) is 1. The smallest absolute Gasteiger partial charge is 0.0732 e. The van der Waals surface area contributed by atoms with Gasteiger partial charge in [0.15, 0.2) is 0 Å². The maximum Gasteiger partial charge on any atom is 0.0732 e. The number of nitrogens with one attached hydrogen (secondary N) is 2. The molecule has 1 aromatic heterocycles. The fourth-order valence-corrected chi connectivity index (χ4v) is 4.24. The number of H-pyrrole nitrogens is 1. The van der Waals surface area contributed by atoms with Crippen LogP contribution in [0.1, 0.15) is 40.4 Å². The summed E-state index contributed by atoms with van der Waals surface area (Å²) in [6.07, 6.45) is 4.93. The molecule has 5 rings (SSSR count). The highest BCUT2D eigenvalue weighted by molar-refractivity contribution is 5.85. The molecule has 110 valence electrons. The summed E-state index contributed by atoms with van der Waals surface area (Å²) in [5, 5.41) is 5.11. The quantitative estimate of drug-likeness (QED) is 0.698. The molecule has 0 amide bonds. The third-order valence-corrected chi connectivity index (χ3v) is 5.31. The molecule has 2 heteroatoms. The third-order valence-electron chi connectivity index (χ3n) is 5.31.